The van der Waals surface area contributed by atoms with Crippen LogP contribution < -0.4 is 10.6 Å². The number of rotatable bonds is 11. The molecule has 0 spiro atoms. The lowest BCUT2D eigenvalue weighted by Gasteiger charge is -2.24. The lowest BCUT2D eigenvalue weighted by molar-refractivity contribution is -0.130. The van der Waals surface area contributed by atoms with Crippen LogP contribution in [-0.2, 0) is 20.9 Å². The summed E-state index contributed by atoms with van der Waals surface area (Å²) in [5.41, 5.74) is 2.41. The predicted octanol–water partition coefficient (Wildman–Crippen LogP) is 3.47. The third-order valence-electron chi connectivity index (χ3n) is 5.33. The van der Waals surface area contributed by atoms with Crippen LogP contribution in [0.3, 0.4) is 0 Å². The minimum Gasteiger partial charge on any atom is -0.348 e. The van der Waals surface area contributed by atoms with Gasteiger partial charge in [0.1, 0.15) is 0 Å². The van der Waals surface area contributed by atoms with E-state index in [4.69, 9.17) is 0 Å². The van der Waals surface area contributed by atoms with Gasteiger partial charge >= 0.3 is 0 Å². The monoisotopic (exact) mass is 497 g/mol. The second-order valence-corrected chi connectivity index (χ2v) is 9.44. The Labute approximate surface area is 209 Å². The highest BCUT2D eigenvalue weighted by Gasteiger charge is 2.23. The van der Waals surface area contributed by atoms with Gasteiger partial charge in [0.05, 0.1) is 0 Å². The Morgan fingerprint density at radius 1 is 1.09 bits per heavy atom. The van der Waals surface area contributed by atoms with Gasteiger partial charge in [-0.3, -0.25) is 34.2 Å². The van der Waals surface area contributed by atoms with Crippen molar-refractivity contribution in [2.75, 3.05) is 5.75 Å². The summed E-state index contributed by atoms with van der Waals surface area (Å²) in [6.45, 7) is 7.03. The SMILES string of the molecule is CCSc1ccc(C(=O)NCc2ccc(C(=O)N(C=O)C(C)CCC(=O)NC(C)=O)c(C)c2)cc1. The zero-order valence-corrected chi connectivity index (χ0v) is 21.2. The van der Waals surface area contributed by atoms with Crippen molar-refractivity contribution >= 4 is 41.8 Å². The van der Waals surface area contributed by atoms with Crippen LogP contribution in [0, 0.1) is 6.92 Å². The second kappa shape index (κ2) is 13.4. The molecule has 9 heteroatoms. The van der Waals surface area contributed by atoms with Crippen molar-refractivity contribution in [1.29, 1.82) is 0 Å². The van der Waals surface area contributed by atoms with Crippen LogP contribution in [0.4, 0.5) is 0 Å². The van der Waals surface area contributed by atoms with E-state index in [1.807, 2.05) is 12.1 Å². The van der Waals surface area contributed by atoms with E-state index in [9.17, 15) is 24.0 Å². The van der Waals surface area contributed by atoms with Gasteiger partial charge in [0.25, 0.3) is 11.8 Å². The van der Waals surface area contributed by atoms with E-state index in [0.717, 1.165) is 21.1 Å². The number of aryl methyl sites for hydroxylation is 1. The van der Waals surface area contributed by atoms with Gasteiger partial charge in [-0.2, -0.15) is 0 Å². The second-order valence-electron chi connectivity index (χ2n) is 8.10. The third kappa shape index (κ3) is 8.36. The molecular weight excluding hydrogens is 466 g/mol. The van der Waals surface area contributed by atoms with Crippen molar-refractivity contribution in [2.24, 2.45) is 0 Å². The molecule has 0 aromatic heterocycles. The summed E-state index contributed by atoms with van der Waals surface area (Å²) in [6, 6.07) is 12.0. The lowest BCUT2D eigenvalue weighted by atomic mass is 10.0. The number of benzene rings is 2. The highest BCUT2D eigenvalue weighted by atomic mass is 32.2. The van der Waals surface area contributed by atoms with Gasteiger partial charge in [0, 0.05) is 42.0 Å². The molecule has 2 rings (SSSR count). The summed E-state index contributed by atoms with van der Waals surface area (Å²) >= 11 is 1.71. The van der Waals surface area contributed by atoms with Gasteiger partial charge in [-0.05, 0) is 67.5 Å². The molecule has 0 aliphatic heterocycles. The molecule has 1 unspecified atom stereocenters. The molecule has 0 bridgehead atoms. The summed E-state index contributed by atoms with van der Waals surface area (Å²) in [6.07, 6.45) is 0.689. The zero-order chi connectivity index (χ0) is 26.0. The fraction of sp³-hybridized carbons (Fsp3) is 0.346. The Balaban J connectivity index is 1.99. The van der Waals surface area contributed by atoms with Crippen LogP contribution in [0.1, 0.15) is 65.5 Å². The molecule has 0 aliphatic rings. The van der Waals surface area contributed by atoms with Crippen molar-refractivity contribution in [3.63, 3.8) is 0 Å². The van der Waals surface area contributed by atoms with Crippen LogP contribution in [0.5, 0.6) is 0 Å². The van der Waals surface area contributed by atoms with E-state index in [0.29, 0.717) is 29.6 Å². The summed E-state index contributed by atoms with van der Waals surface area (Å²) in [7, 11) is 0. The average Bonchev–Trinajstić information content (AvgIpc) is 2.82. The maximum Gasteiger partial charge on any atom is 0.260 e. The molecule has 0 saturated carbocycles. The summed E-state index contributed by atoms with van der Waals surface area (Å²) in [5, 5.41) is 5.04. The van der Waals surface area contributed by atoms with Crippen LogP contribution in [0.2, 0.25) is 0 Å². The molecule has 0 fully saturated rings. The van der Waals surface area contributed by atoms with Crippen LogP contribution >= 0.6 is 11.8 Å². The first-order valence-corrected chi connectivity index (χ1v) is 12.3. The number of nitrogens with one attached hydrogen (secondary N) is 2. The number of hydrogen-bond donors (Lipinski definition) is 2. The van der Waals surface area contributed by atoms with Crippen LogP contribution in [0.15, 0.2) is 47.4 Å². The molecule has 186 valence electrons. The quantitative estimate of drug-likeness (QED) is 0.363. The molecule has 0 radical (unpaired) electrons. The highest BCUT2D eigenvalue weighted by Crippen LogP contribution is 2.19. The fourth-order valence-electron chi connectivity index (χ4n) is 3.46. The molecular formula is C26H31N3O5S. The highest BCUT2D eigenvalue weighted by molar-refractivity contribution is 7.99. The maximum atomic E-state index is 13.0. The number of imide groups is 2. The van der Waals surface area contributed by atoms with Crippen molar-refractivity contribution in [3.05, 3.63) is 64.7 Å². The Hall–Kier alpha value is -3.46. The summed E-state index contributed by atoms with van der Waals surface area (Å²) < 4.78 is 0. The standard InChI is InChI=1S/C26H31N3O5S/c1-5-35-22-10-8-21(9-11-22)25(33)27-15-20-7-12-23(17(2)14-20)26(34)29(16-30)18(3)6-13-24(32)28-19(4)31/h7-12,14,16,18H,5-6,13,15H2,1-4H3,(H,27,33)(H,28,31,32). The molecule has 8 nitrogen and oxygen atoms in total. The normalized spacial score (nSPS) is 11.3. The molecule has 1 atom stereocenters. The van der Waals surface area contributed by atoms with E-state index in [1.54, 1.807) is 55.9 Å². The number of nitrogens with zero attached hydrogens (tertiary/aromatic N) is 1. The van der Waals surface area contributed by atoms with Gasteiger partial charge in [0.2, 0.25) is 18.2 Å². The summed E-state index contributed by atoms with van der Waals surface area (Å²) in [5.74, 6) is -0.614. The molecule has 35 heavy (non-hydrogen) atoms. The first-order chi connectivity index (χ1) is 16.7. The van der Waals surface area contributed by atoms with Gasteiger partial charge < -0.3 is 5.32 Å². The van der Waals surface area contributed by atoms with E-state index in [-0.39, 0.29) is 18.7 Å². The summed E-state index contributed by atoms with van der Waals surface area (Å²) in [4.78, 5) is 61.9. The topological polar surface area (TPSA) is 113 Å². The van der Waals surface area contributed by atoms with Crippen LogP contribution in [0.25, 0.3) is 0 Å². The number of amides is 5. The first kappa shape index (κ1) is 27.8. The minimum absolute atomic E-state index is 0.0101. The molecule has 0 aliphatic carbocycles. The van der Waals surface area contributed by atoms with Crippen molar-refractivity contribution in [1.82, 2.24) is 15.5 Å². The number of thioether (sulfide) groups is 1. The molecule has 2 N–H and O–H groups in total. The van der Waals surface area contributed by atoms with Gasteiger partial charge in [-0.15, -0.1) is 11.8 Å². The zero-order valence-electron chi connectivity index (χ0n) is 20.4. The first-order valence-electron chi connectivity index (χ1n) is 11.3. The van der Waals surface area contributed by atoms with Crippen molar-refractivity contribution < 1.29 is 24.0 Å². The molecule has 0 heterocycles. The number of carbonyl (C=O) groups is 5. The minimum atomic E-state index is -0.529. The van der Waals surface area contributed by atoms with Gasteiger partial charge in [0.15, 0.2) is 0 Å². The van der Waals surface area contributed by atoms with E-state index in [2.05, 4.69) is 17.6 Å². The molecule has 5 amide bonds. The lowest BCUT2D eigenvalue weighted by Crippen LogP contribution is -2.39. The Morgan fingerprint density at radius 2 is 1.77 bits per heavy atom. The van der Waals surface area contributed by atoms with E-state index < -0.39 is 23.8 Å². The predicted molar refractivity (Wildman–Crippen MR) is 135 cm³/mol. The smallest absolute Gasteiger partial charge is 0.260 e. The van der Waals surface area contributed by atoms with Crippen molar-refractivity contribution in [3.8, 4) is 0 Å². The van der Waals surface area contributed by atoms with E-state index >= 15 is 0 Å². The van der Waals surface area contributed by atoms with E-state index in [1.165, 1.54) is 6.92 Å². The fourth-order valence-corrected chi connectivity index (χ4v) is 4.12. The largest absolute Gasteiger partial charge is 0.348 e. The third-order valence-corrected chi connectivity index (χ3v) is 6.22. The Morgan fingerprint density at radius 3 is 2.34 bits per heavy atom. The molecule has 2 aromatic carbocycles. The van der Waals surface area contributed by atoms with Gasteiger partial charge in [-0.1, -0.05) is 19.1 Å². The van der Waals surface area contributed by atoms with Gasteiger partial charge in [-0.25, -0.2) is 0 Å². The molecule has 0 saturated heterocycles. The Kier molecular flexibility index (Phi) is 10.7. The molecule has 2 aromatic rings. The average molecular weight is 498 g/mol. The Bertz CT molecular complexity index is 1080. The van der Waals surface area contributed by atoms with Crippen molar-refractivity contribution in [2.45, 2.75) is 58.0 Å². The maximum absolute atomic E-state index is 13.0. The van der Waals surface area contributed by atoms with Crippen LogP contribution in [-0.4, -0.2) is 46.7 Å². The number of hydrogen-bond acceptors (Lipinski definition) is 6. The number of carbonyl (C=O) groups excluding carboxylic acids is 5.